The molecule has 0 aliphatic rings. The van der Waals surface area contributed by atoms with Crippen LogP contribution in [0.2, 0.25) is 57.4 Å². The maximum Gasteiger partial charge on any atom is 0.317 e. The van der Waals surface area contributed by atoms with Crippen LogP contribution in [-0.4, -0.2) is 34.0 Å². The van der Waals surface area contributed by atoms with Crippen molar-refractivity contribution >= 4 is 34.0 Å². The molecule has 0 bridgehead atoms. The Balaban J connectivity index is -0.00000220. The van der Waals surface area contributed by atoms with E-state index in [0.717, 1.165) is 12.1 Å². The van der Waals surface area contributed by atoms with Crippen LogP contribution in [0.25, 0.3) is 0 Å². The number of rotatable bonds is 10. The molecular formula is C18H46O2Si4. The van der Waals surface area contributed by atoms with Gasteiger partial charge in [-0.05, 0) is 51.2 Å². The fourth-order valence-electron chi connectivity index (χ4n) is 2.61. The lowest BCUT2D eigenvalue weighted by Crippen LogP contribution is -2.54. The molecule has 0 atom stereocenters. The second-order valence-corrected chi connectivity index (χ2v) is 22.8. The molecular weight excluding hydrogens is 361 g/mol. The Morgan fingerprint density at radius 3 is 1.58 bits per heavy atom. The van der Waals surface area contributed by atoms with Gasteiger partial charge in [-0.2, -0.15) is 0 Å². The lowest BCUT2D eigenvalue weighted by molar-refractivity contribution is 0.381. The van der Waals surface area contributed by atoms with Gasteiger partial charge in [-0.3, -0.25) is 0 Å². The maximum absolute atomic E-state index is 6.77. The van der Waals surface area contributed by atoms with E-state index in [2.05, 4.69) is 83.6 Å². The van der Waals surface area contributed by atoms with Gasteiger partial charge in [0, 0.05) is 8.80 Å². The minimum Gasteiger partial charge on any atom is -0.433 e. The standard InChI is InChI=1S/C16H38O2Si4.2CH4/c1-10-15-20(6,7)17-22(11-2,12-3)18-21(8,9)16-13-14-19(4)5;;/h10,13,15-16,19H,11-12,14H2,1-9H3;2*1H4. The van der Waals surface area contributed by atoms with E-state index >= 15 is 0 Å². The highest BCUT2D eigenvalue weighted by Crippen LogP contribution is 2.28. The summed E-state index contributed by atoms with van der Waals surface area (Å²) in [7, 11) is -6.17. The lowest BCUT2D eigenvalue weighted by Gasteiger charge is -2.40. The molecule has 0 fully saturated rings. The fourth-order valence-corrected chi connectivity index (χ4v) is 16.6. The van der Waals surface area contributed by atoms with Crippen LogP contribution in [0.3, 0.4) is 0 Å². The van der Waals surface area contributed by atoms with Gasteiger partial charge in [0.15, 0.2) is 16.6 Å². The molecule has 0 N–H and O–H groups in total. The summed E-state index contributed by atoms with van der Waals surface area (Å²) < 4.78 is 13.5. The predicted molar refractivity (Wildman–Crippen MR) is 125 cm³/mol. The SMILES string of the molecule is C.C.CC=C[Si](C)(C)O[Si](CC)(CC)O[Si](C)(C)C=CC[SiH](C)C. The quantitative estimate of drug-likeness (QED) is 0.368. The Hall–Kier alpha value is 0.268. The Morgan fingerprint density at radius 2 is 1.25 bits per heavy atom. The normalized spacial score (nSPS) is 13.4. The van der Waals surface area contributed by atoms with Gasteiger partial charge in [-0.15, -0.1) is 0 Å². The molecule has 0 aromatic rings. The van der Waals surface area contributed by atoms with Crippen LogP contribution in [0.4, 0.5) is 0 Å². The van der Waals surface area contributed by atoms with Crippen molar-refractivity contribution in [2.24, 2.45) is 0 Å². The van der Waals surface area contributed by atoms with Crippen LogP contribution in [-0.2, 0) is 8.23 Å². The molecule has 0 amide bonds. The Kier molecular flexibility index (Phi) is 15.2. The first-order valence-corrected chi connectivity index (χ1v) is 20.1. The van der Waals surface area contributed by atoms with Crippen LogP contribution >= 0.6 is 0 Å². The van der Waals surface area contributed by atoms with Gasteiger partial charge in [-0.25, -0.2) is 0 Å². The Labute approximate surface area is 158 Å². The monoisotopic (exact) mass is 406 g/mol. The molecule has 146 valence electrons. The van der Waals surface area contributed by atoms with Gasteiger partial charge in [0.05, 0.1) is 0 Å². The summed E-state index contributed by atoms with van der Waals surface area (Å²) in [5, 5.41) is 0. The first-order valence-electron chi connectivity index (χ1n) is 8.73. The molecule has 0 aliphatic carbocycles. The third-order valence-corrected chi connectivity index (χ3v) is 16.4. The zero-order valence-electron chi connectivity index (χ0n) is 16.3. The van der Waals surface area contributed by atoms with E-state index in [1.807, 2.05) is 0 Å². The number of hydrogen-bond acceptors (Lipinski definition) is 2. The van der Waals surface area contributed by atoms with Gasteiger partial charge < -0.3 is 8.23 Å². The molecule has 0 aromatic carbocycles. The number of hydrogen-bond donors (Lipinski definition) is 0. The van der Waals surface area contributed by atoms with Crippen molar-refractivity contribution in [2.45, 2.75) is 93.0 Å². The van der Waals surface area contributed by atoms with Crippen molar-refractivity contribution in [1.82, 2.24) is 0 Å². The van der Waals surface area contributed by atoms with Crippen LogP contribution < -0.4 is 0 Å². The second kappa shape index (κ2) is 12.6. The molecule has 0 radical (unpaired) electrons. The Bertz CT molecular complexity index is 373. The van der Waals surface area contributed by atoms with E-state index in [1.54, 1.807) is 0 Å². The molecule has 0 spiro atoms. The van der Waals surface area contributed by atoms with Gasteiger partial charge in [-0.1, -0.05) is 65.3 Å². The van der Waals surface area contributed by atoms with Gasteiger partial charge in [0.25, 0.3) is 0 Å². The zero-order valence-corrected chi connectivity index (χ0v) is 20.5. The number of allylic oxidation sites excluding steroid dienone is 2. The first kappa shape index (κ1) is 29.0. The van der Waals surface area contributed by atoms with E-state index < -0.39 is 34.0 Å². The third kappa shape index (κ3) is 11.8. The minimum absolute atomic E-state index is 0. The predicted octanol–water partition coefficient (Wildman–Crippen LogP) is 6.88. The molecule has 2 nitrogen and oxygen atoms in total. The average Bonchev–Trinajstić information content (AvgIpc) is 2.36. The minimum atomic E-state index is -2.10. The zero-order chi connectivity index (χ0) is 17.4. The van der Waals surface area contributed by atoms with Gasteiger partial charge in [0.2, 0.25) is 0 Å². The highest BCUT2D eigenvalue weighted by molar-refractivity contribution is 6.91. The van der Waals surface area contributed by atoms with Crippen molar-refractivity contribution in [2.75, 3.05) is 0 Å². The molecule has 0 aromatic heterocycles. The van der Waals surface area contributed by atoms with E-state index in [0.29, 0.717) is 0 Å². The summed E-state index contributed by atoms with van der Waals surface area (Å²) in [5.41, 5.74) is 4.67. The third-order valence-electron chi connectivity index (χ3n) is 3.67. The fraction of sp³-hybridized carbons (Fsp3) is 0.778. The van der Waals surface area contributed by atoms with Crippen molar-refractivity contribution in [3.05, 3.63) is 23.6 Å². The maximum atomic E-state index is 6.77. The van der Waals surface area contributed by atoms with Crippen molar-refractivity contribution in [3.63, 3.8) is 0 Å². The summed E-state index contributed by atoms with van der Waals surface area (Å²) in [6, 6.07) is 3.35. The summed E-state index contributed by atoms with van der Waals surface area (Å²) in [5.74, 6) is 0. The highest BCUT2D eigenvalue weighted by Gasteiger charge is 2.42. The molecule has 0 saturated heterocycles. The largest absolute Gasteiger partial charge is 0.433 e. The molecule has 0 heterocycles. The first-order chi connectivity index (χ1) is 10.0. The molecule has 0 saturated carbocycles. The van der Waals surface area contributed by atoms with Crippen LogP contribution in [0.1, 0.15) is 35.6 Å². The van der Waals surface area contributed by atoms with E-state index in [1.165, 1.54) is 6.04 Å². The van der Waals surface area contributed by atoms with Crippen molar-refractivity contribution in [3.8, 4) is 0 Å². The Morgan fingerprint density at radius 1 is 0.833 bits per heavy atom. The molecule has 6 heteroatoms. The highest BCUT2D eigenvalue weighted by atomic mass is 28.5. The molecule has 24 heavy (non-hydrogen) atoms. The summed E-state index contributed by atoms with van der Waals surface area (Å²) in [4.78, 5) is 0. The van der Waals surface area contributed by atoms with E-state index in [-0.39, 0.29) is 14.9 Å². The molecule has 0 aliphatic heterocycles. The smallest absolute Gasteiger partial charge is 0.317 e. The summed E-state index contributed by atoms with van der Waals surface area (Å²) >= 11 is 0. The van der Waals surface area contributed by atoms with Crippen LogP contribution in [0.5, 0.6) is 0 Å². The lowest BCUT2D eigenvalue weighted by atomic mass is 10.8. The van der Waals surface area contributed by atoms with Crippen molar-refractivity contribution < 1.29 is 8.23 Å². The second-order valence-electron chi connectivity index (χ2n) is 7.56. The van der Waals surface area contributed by atoms with Gasteiger partial charge >= 0.3 is 8.56 Å². The summed E-state index contributed by atoms with van der Waals surface area (Å²) in [6.45, 7) is 20.5. The van der Waals surface area contributed by atoms with E-state index in [4.69, 9.17) is 8.23 Å². The van der Waals surface area contributed by atoms with Gasteiger partial charge in [0.1, 0.15) is 0 Å². The van der Waals surface area contributed by atoms with Crippen LogP contribution in [0.15, 0.2) is 23.6 Å². The average molecular weight is 407 g/mol. The topological polar surface area (TPSA) is 18.5 Å². The molecule has 0 unspecified atom stereocenters. The molecule has 0 rings (SSSR count). The summed E-state index contributed by atoms with van der Waals surface area (Å²) in [6.07, 6.45) is 4.51. The van der Waals surface area contributed by atoms with Crippen LogP contribution in [0, 0.1) is 0 Å². The van der Waals surface area contributed by atoms with Crippen molar-refractivity contribution in [1.29, 1.82) is 0 Å². The van der Waals surface area contributed by atoms with E-state index in [9.17, 15) is 0 Å².